The van der Waals surface area contributed by atoms with Gasteiger partial charge < -0.3 is 29.6 Å². The molecule has 1 aromatic rings. The van der Waals surface area contributed by atoms with Crippen LogP contribution in [-0.4, -0.2) is 59.2 Å². The van der Waals surface area contributed by atoms with Crippen LogP contribution in [0.25, 0.3) is 0 Å². The molecule has 8 heteroatoms. The smallest absolute Gasteiger partial charge is 0.191 e. The maximum Gasteiger partial charge on any atom is 0.191 e. The quantitative estimate of drug-likeness (QED) is 0.190. The molecule has 31 heavy (non-hydrogen) atoms. The van der Waals surface area contributed by atoms with Gasteiger partial charge in [0.2, 0.25) is 0 Å². The van der Waals surface area contributed by atoms with Gasteiger partial charge >= 0.3 is 0 Å². The zero-order valence-electron chi connectivity index (χ0n) is 18.9. The number of methoxy groups -OCH3 is 1. The standard InChI is InChI=1S/C23H37N3O4.HI/c1-24-23(25-12-6-13-28-16-18-11-14-29-17-18)26-15-19-7-5-10-21(27-2)22(19)30-20-8-3-4-9-20;/h5,7,10,18,20H,3-4,6,8-9,11-17H2,1-2H3,(H2,24,25,26);1H. The number of nitrogens with zero attached hydrogens (tertiary/aromatic N) is 1. The van der Waals surface area contributed by atoms with Crippen LogP contribution in [0.15, 0.2) is 23.2 Å². The van der Waals surface area contributed by atoms with E-state index in [4.69, 9.17) is 18.9 Å². The molecule has 2 N–H and O–H groups in total. The third-order valence-electron chi connectivity index (χ3n) is 5.67. The van der Waals surface area contributed by atoms with Gasteiger partial charge in [-0.15, -0.1) is 24.0 Å². The Morgan fingerprint density at radius 1 is 1.19 bits per heavy atom. The van der Waals surface area contributed by atoms with Gasteiger partial charge in [-0.25, -0.2) is 0 Å². The first-order chi connectivity index (χ1) is 14.8. The molecule has 2 aliphatic rings. The molecule has 0 amide bonds. The van der Waals surface area contributed by atoms with E-state index in [2.05, 4.69) is 21.7 Å². The fourth-order valence-corrected chi connectivity index (χ4v) is 3.91. The molecule has 1 aliphatic carbocycles. The number of nitrogens with one attached hydrogen (secondary N) is 2. The molecular formula is C23H38IN3O4. The molecule has 176 valence electrons. The number of aliphatic imine (C=N–C) groups is 1. The summed E-state index contributed by atoms with van der Waals surface area (Å²) in [6.07, 6.45) is 7.04. The van der Waals surface area contributed by atoms with E-state index in [-0.39, 0.29) is 30.1 Å². The molecule has 0 spiro atoms. The van der Waals surface area contributed by atoms with E-state index >= 15 is 0 Å². The lowest BCUT2D eigenvalue weighted by atomic mass is 10.1. The lowest BCUT2D eigenvalue weighted by Gasteiger charge is -2.20. The molecule has 1 heterocycles. The third kappa shape index (κ3) is 8.65. The van der Waals surface area contributed by atoms with E-state index in [1.165, 1.54) is 12.8 Å². The number of hydrogen-bond donors (Lipinski definition) is 2. The highest BCUT2D eigenvalue weighted by molar-refractivity contribution is 14.0. The first-order valence-corrected chi connectivity index (χ1v) is 11.2. The molecule has 7 nitrogen and oxygen atoms in total. The van der Waals surface area contributed by atoms with Gasteiger partial charge in [0.15, 0.2) is 17.5 Å². The van der Waals surface area contributed by atoms with Crippen molar-refractivity contribution in [1.29, 1.82) is 0 Å². The molecular weight excluding hydrogens is 509 g/mol. The van der Waals surface area contributed by atoms with Gasteiger partial charge in [-0.1, -0.05) is 12.1 Å². The Morgan fingerprint density at radius 3 is 2.74 bits per heavy atom. The van der Waals surface area contributed by atoms with E-state index in [0.717, 1.165) is 81.7 Å². The van der Waals surface area contributed by atoms with Crippen LogP contribution in [0.3, 0.4) is 0 Å². The van der Waals surface area contributed by atoms with E-state index < -0.39 is 0 Å². The average Bonchev–Trinajstić information content (AvgIpc) is 3.47. The highest BCUT2D eigenvalue weighted by Gasteiger charge is 2.20. The largest absolute Gasteiger partial charge is 0.493 e. The van der Waals surface area contributed by atoms with Crippen molar-refractivity contribution in [2.75, 3.05) is 47.1 Å². The molecule has 1 unspecified atom stereocenters. The van der Waals surface area contributed by atoms with Gasteiger partial charge in [-0.05, 0) is 44.6 Å². The Bertz CT molecular complexity index is 662. The number of guanidine groups is 1. The predicted molar refractivity (Wildman–Crippen MR) is 134 cm³/mol. The fourth-order valence-electron chi connectivity index (χ4n) is 3.91. The van der Waals surface area contributed by atoms with Crippen molar-refractivity contribution in [3.63, 3.8) is 0 Å². The molecule has 3 rings (SSSR count). The second kappa shape index (κ2) is 14.7. The maximum atomic E-state index is 6.31. The molecule has 1 aliphatic heterocycles. The van der Waals surface area contributed by atoms with Gasteiger partial charge in [-0.2, -0.15) is 0 Å². The van der Waals surface area contributed by atoms with Crippen LogP contribution in [0.1, 0.15) is 44.1 Å². The van der Waals surface area contributed by atoms with Crippen LogP contribution in [0, 0.1) is 5.92 Å². The Morgan fingerprint density at radius 2 is 2.03 bits per heavy atom. The zero-order valence-corrected chi connectivity index (χ0v) is 21.2. The highest BCUT2D eigenvalue weighted by atomic mass is 127. The van der Waals surface area contributed by atoms with Gasteiger partial charge in [0.25, 0.3) is 0 Å². The maximum absolute atomic E-state index is 6.31. The Labute approximate surface area is 203 Å². The second-order valence-electron chi connectivity index (χ2n) is 7.98. The van der Waals surface area contributed by atoms with Crippen LogP contribution in [-0.2, 0) is 16.0 Å². The van der Waals surface area contributed by atoms with Gasteiger partial charge in [0.05, 0.1) is 26.4 Å². The number of halogens is 1. The summed E-state index contributed by atoms with van der Waals surface area (Å²) in [7, 11) is 3.48. The minimum Gasteiger partial charge on any atom is -0.493 e. The van der Waals surface area contributed by atoms with Crippen molar-refractivity contribution in [2.24, 2.45) is 10.9 Å². The predicted octanol–water partition coefficient (Wildman–Crippen LogP) is 3.74. The first-order valence-electron chi connectivity index (χ1n) is 11.2. The molecule has 1 atom stereocenters. The number of para-hydroxylation sites is 1. The SMILES string of the molecule is CN=C(NCCCOCC1CCOC1)NCc1cccc(OC)c1OC1CCCC1.I. The molecule has 1 saturated heterocycles. The Kier molecular flexibility index (Phi) is 12.4. The second-order valence-corrected chi connectivity index (χ2v) is 7.98. The van der Waals surface area contributed by atoms with Gasteiger partial charge in [0, 0.05) is 44.8 Å². The number of ether oxygens (including phenoxy) is 4. The van der Waals surface area contributed by atoms with E-state index in [1.807, 2.05) is 12.1 Å². The molecule has 2 fully saturated rings. The average molecular weight is 547 g/mol. The monoisotopic (exact) mass is 547 g/mol. The minimum absolute atomic E-state index is 0. The molecule has 0 bridgehead atoms. The number of benzene rings is 1. The number of hydrogen-bond acceptors (Lipinski definition) is 5. The molecule has 1 saturated carbocycles. The lowest BCUT2D eigenvalue weighted by molar-refractivity contribution is 0.0888. The van der Waals surface area contributed by atoms with Crippen LogP contribution in [0.4, 0.5) is 0 Å². The summed E-state index contributed by atoms with van der Waals surface area (Å²) in [5.41, 5.74) is 1.08. The van der Waals surface area contributed by atoms with Crippen molar-refractivity contribution in [3.8, 4) is 11.5 Å². The van der Waals surface area contributed by atoms with Crippen molar-refractivity contribution in [2.45, 2.75) is 51.2 Å². The molecule has 0 aromatic heterocycles. The van der Waals surface area contributed by atoms with Gasteiger partial charge in [0.1, 0.15) is 0 Å². The Balaban J connectivity index is 0.00000341. The zero-order chi connectivity index (χ0) is 21.0. The van der Waals surface area contributed by atoms with Crippen molar-refractivity contribution < 1.29 is 18.9 Å². The van der Waals surface area contributed by atoms with Crippen LogP contribution >= 0.6 is 24.0 Å². The van der Waals surface area contributed by atoms with Crippen molar-refractivity contribution in [3.05, 3.63) is 23.8 Å². The van der Waals surface area contributed by atoms with Crippen molar-refractivity contribution in [1.82, 2.24) is 10.6 Å². The summed E-state index contributed by atoms with van der Waals surface area (Å²) >= 11 is 0. The fraction of sp³-hybridized carbons (Fsp3) is 0.696. The first kappa shape index (κ1) is 26.0. The minimum atomic E-state index is 0. The van der Waals surface area contributed by atoms with E-state index in [0.29, 0.717) is 12.5 Å². The Hall–Kier alpha value is -1.26. The topological polar surface area (TPSA) is 73.3 Å². The lowest BCUT2D eigenvalue weighted by Crippen LogP contribution is -2.37. The van der Waals surface area contributed by atoms with Crippen LogP contribution < -0.4 is 20.1 Å². The number of rotatable bonds is 11. The normalized spacial score (nSPS) is 19.2. The third-order valence-corrected chi connectivity index (χ3v) is 5.67. The van der Waals surface area contributed by atoms with Gasteiger partial charge in [-0.3, -0.25) is 4.99 Å². The summed E-state index contributed by atoms with van der Waals surface area (Å²) in [5.74, 6) is 2.97. The van der Waals surface area contributed by atoms with Crippen LogP contribution in [0.2, 0.25) is 0 Å². The summed E-state index contributed by atoms with van der Waals surface area (Å²) in [4.78, 5) is 4.32. The molecule has 1 aromatic carbocycles. The van der Waals surface area contributed by atoms with E-state index in [1.54, 1.807) is 14.2 Å². The summed E-state index contributed by atoms with van der Waals surface area (Å²) in [5, 5.41) is 6.74. The van der Waals surface area contributed by atoms with E-state index in [9.17, 15) is 0 Å². The summed E-state index contributed by atoms with van der Waals surface area (Å²) < 4.78 is 23.0. The van der Waals surface area contributed by atoms with Crippen molar-refractivity contribution >= 4 is 29.9 Å². The summed E-state index contributed by atoms with van der Waals surface area (Å²) in [6.45, 7) is 4.69. The highest BCUT2D eigenvalue weighted by Crippen LogP contribution is 2.34. The van der Waals surface area contributed by atoms with Crippen LogP contribution in [0.5, 0.6) is 11.5 Å². The summed E-state index contributed by atoms with van der Waals surface area (Å²) in [6, 6.07) is 6.03. The molecule has 0 radical (unpaired) electrons.